The summed E-state index contributed by atoms with van der Waals surface area (Å²) >= 11 is 0. The molecule has 0 radical (unpaired) electrons. The number of nitrogens with one attached hydrogen (secondary N) is 1. The number of para-hydroxylation sites is 1. The average Bonchev–Trinajstić information content (AvgIpc) is 3.41. The van der Waals surface area contributed by atoms with E-state index in [9.17, 15) is 9.18 Å². The van der Waals surface area contributed by atoms with E-state index < -0.39 is 5.41 Å². The molecule has 5 heteroatoms. The van der Waals surface area contributed by atoms with Crippen LogP contribution in [0.4, 0.5) is 4.39 Å². The van der Waals surface area contributed by atoms with Crippen molar-refractivity contribution in [1.82, 2.24) is 5.32 Å². The summed E-state index contributed by atoms with van der Waals surface area (Å²) in [6.45, 7) is 0.349. The van der Waals surface area contributed by atoms with Crippen LogP contribution in [0.15, 0.2) is 42.5 Å². The van der Waals surface area contributed by atoms with Crippen LogP contribution in [0.1, 0.15) is 24.0 Å². The highest BCUT2D eigenvalue weighted by molar-refractivity contribution is 5.91. The SMILES string of the molecule is COc1cccc(CNC(=O)C2(c3ccc(F)cc3)CC2)c1OC. The maximum atomic E-state index is 13.1. The van der Waals surface area contributed by atoms with Gasteiger partial charge in [-0.1, -0.05) is 24.3 Å². The van der Waals surface area contributed by atoms with Gasteiger partial charge in [-0.2, -0.15) is 0 Å². The Labute approximate surface area is 140 Å². The summed E-state index contributed by atoms with van der Waals surface area (Å²) in [7, 11) is 3.15. The largest absolute Gasteiger partial charge is 0.493 e. The fourth-order valence-electron chi connectivity index (χ4n) is 2.98. The van der Waals surface area contributed by atoms with E-state index in [0.717, 1.165) is 24.0 Å². The van der Waals surface area contributed by atoms with Gasteiger partial charge in [0.1, 0.15) is 5.82 Å². The third-order valence-electron chi connectivity index (χ3n) is 4.51. The zero-order chi connectivity index (χ0) is 17.2. The molecule has 1 saturated carbocycles. The predicted molar refractivity (Wildman–Crippen MR) is 88.7 cm³/mol. The van der Waals surface area contributed by atoms with Crippen molar-refractivity contribution in [2.75, 3.05) is 14.2 Å². The fourth-order valence-corrected chi connectivity index (χ4v) is 2.98. The van der Waals surface area contributed by atoms with Gasteiger partial charge in [0.15, 0.2) is 11.5 Å². The van der Waals surface area contributed by atoms with Crippen molar-refractivity contribution in [3.63, 3.8) is 0 Å². The van der Waals surface area contributed by atoms with E-state index >= 15 is 0 Å². The molecule has 126 valence electrons. The smallest absolute Gasteiger partial charge is 0.230 e. The molecule has 24 heavy (non-hydrogen) atoms. The maximum absolute atomic E-state index is 13.1. The molecule has 0 heterocycles. The van der Waals surface area contributed by atoms with Gasteiger partial charge in [0.25, 0.3) is 0 Å². The van der Waals surface area contributed by atoms with Crippen molar-refractivity contribution in [3.05, 3.63) is 59.4 Å². The van der Waals surface area contributed by atoms with Crippen LogP contribution in [-0.2, 0) is 16.8 Å². The number of rotatable bonds is 6. The maximum Gasteiger partial charge on any atom is 0.230 e. The van der Waals surface area contributed by atoms with Crippen LogP contribution in [-0.4, -0.2) is 20.1 Å². The lowest BCUT2D eigenvalue weighted by molar-refractivity contribution is -0.123. The van der Waals surface area contributed by atoms with E-state index in [2.05, 4.69) is 5.32 Å². The molecule has 0 spiro atoms. The van der Waals surface area contributed by atoms with Gasteiger partial charge in [-0.05, 0) is 36.6 Å². The van der Waals surface area contributed by atoms with E-state index in [1.165, 1.54) is 12.1 Å². The monoisotopic (exact) mass is 329 g/mol. The number of methoxy groups -OCH3 is 2. The van der Waals surface area contributed by atoms with E-state index in [-0.39, 0.29) is 11.7 Å². The summed E-state index contributed by atoms with van der Waals surface area (Å²) in [4.78, 5) is 12.7. The molecule has 0 aliphatic heterocycles. The molecule has 1 fully saturated rings. The molecular formula is C19H20FNO3. The van der Waals surface area contributed by atoms with Crippen LogP contribution in [0.5, 0.6) is 11.5 Å². The molecule has 0 unspecified atom stereocenters. The Morgan fingerprint density at radius 3 is 2.42 bits per heavy atom. The molecule has 2 aromatic carbocycles. The molecular weight excluding hydrogens is 309 g/mol. The minimum Gasteiger partial charge on any atom is -0.493 e. The Balaban J connectivity index is 1.73. The number of carbonyl (C=O) groups is 1. The number of hydrogen-bond acceptors (Lipinski definition) is 3. The third-order valence-corrected chi connectivity index (χ3v) is 4.51. The summed E-state index contributed by atoms with van der Waals surface area (Å²) in [6, 6.07) is 11.7. The first-order valence-electron chi connectivity index (χ1n) is 7.85. The standard InChI is InChI=1S/C19H20FNO3/c1-23-16-5-3-4-13(17(16)24-2)12-21-18(22)19(10-11-19)14-6-8-15(20)9-7-14/h3-9H,10-12H2,1-2H3,(H,21,22). The zero-order valence-electron chi connectivity index (χ0n) is 13.8. The topological polar surface area (TPSA) is 47.6 Å². The molecule has 0 atom stereocenters. The molecule has 2 aromatic rings. The van der Waals surface area contributed by atoms with E-state index in [1.54, 1.807) is 26.4 Å². The molecule has 4 nitrogen and oxygen atoms in total. The van der Waals surface area contributed by atoms with Crippen LogP contribution >= 0.6 is 0 Å². The van der Waals surface area contributed by atoms with Gasteiger partial charge < -0.3 is 14.8 Å². The lowest BCUT2D eigenvalue weighted by Crippen LogP contribution is -2.34. The number of carbonyl (C=O) groups excluding carboxylic acids is 1. The highest BCUT2D eigenvalue weighted by atomic mass is 19.1. The van der Waals surface area contributed by atoms with Crippen molar-refractivity contribution >= 4 is 5.91 Å². The van der Waals surface area contributed by atoms with Crippen molar-refractivity contribution in [1.29, 1.82) is 0 Å². The van der Waals surface area contributed by atoms with Crippen molar-refractivity contribution in [3.8, 4) is 11.5 Å². The van der Waals surface area contributed by atoms with Crippen molar-refractivity contribution in [2.45, 2.75) is 24.8 Å². The molecule has 1 aliphatic carbocycles. The number of halogens is 1. The summed E-state index contributed by atoms with van der Waals surface area (Å²) in [5.41, 5.74) is 1.18. The minimum atomic E-state index is -0.528. The van der Waals surface area contributed by atoms with Crippen molar-refractivity contribution < 1.29 is 18.7 Å². The first-order valence-corrected chi connectivity index (χ1v) is 7.85. The summed E-state index contributed by atoms with van der Waals surface area (Å²) in [5.74, 6) is 0.908. The molecule has 1 N–H and O–H groups in total. The van der Waals surface area contributed by atoms with Crippen molar-refractivity contribution in [2.24, 2.45) is 0 Å². The van der Waals surface area contributed by atoms with Crippen LogP contribution in [0, 0.1) is 5.82 Å². The average molecular weight is 329 g/mol. The summed E-state index contributed by atoms with van der Waals surface area (Å²) < 4.78 is 23.7. The van der Waals surface area contributed by atoms with Crippen LogP contribution in [0.2, 0.25) is 0 Å². The lowest BCUT2D eigenvalue weighted by atomic mass is 9.95. The summed E-state index contributed by atoms with van der Waals surface area (Å²) in [6.07, 6.45) is 1.55. The normalized spacial score (nSPS) is 14.8. The number of amides is 1. The van der Waals surface area contributed by atoms with E-state index in [4.69, 9.17) is 9.47 Å². The second-order valence-corrected chi connectivity index (χ2v) is 5.92. The predicted octanol–water partition coefficient (Wildman–Crippen LogP) is 3.19. The second-order valence-electron chi connectivity index (χ2n) is 5.92. The van der Waals surface area contributed by atoms with Gasteiger partial charge >= 0.3 is 0 Å². The molecule has 0 aromatic heterocycles. The van der Waals surface area contributed by atoms with Gasteiger partial charge in [-0.25, -0.2) is 4.39 Å². The Morgan fingerprint density at radius 1 is 1.12 bits per heavy atom. The first kappa shape index (κ1) is 16.3. The number of hydrogen-bond donors (Lipinski definition) is 1. The van der Waals surface area contributed by atoms with Gasteiger partial charge in [0, 0.05) is 12.1 Å². The summed E-state index contributed by atoms with van der Waals surface area (Å²) in [5, 5.41) is 2.97. The van der Waals surface area contributed by atoms with E-state index in [1.807, 2.05) is 18.2 Å². The quantitative estimate of drug-likeness (QED) is 0.885. The zero-order valence-corrected chi connectivity index (χ0v) is 13.8. The molecule has 1 amide bonds. The van der Waals surface area contributed by atoms with Crippen LogP contribution < -0.4 is 14.8 Å². The minimum absolute atomic E-state index is 0.0426. The fraction of sp³-hybridized carbons (Fsp3) is 0.316. The second kappa shape index (κ2) is 6.51. The number of ether oxygens (including phenoxy) is 2. The van der Waals surface area contributed by atoms with Gasteiger partial charge in [0.05, 0.1) is 19.6 Å². The van der Waals surface area contributed by atoms with Gasteiger partial charge in [-0.15, -0.1) is 0 Å². The highest BCUT2D eigenvalue weighted by Crippen LogP contribution is 2.48. The molecule has 0 saturated heterocycles. The Hall–Kier alpha value is -2.56. The van der Waals surface area contributed by atoms with Crippen LogP contribution in [0.25, 0.3) is 0 Å². The van der Waals surface area contributed by atoms with Crippen LogP contribution in [0.3, 0.4) is 0 Å². The third kappa shape index (κ3) is 2.94. The lowest BCUT2D eigenvalue weighted by Gasteiger charge is -2.17. The first-order chi connectivity index (χ1) is 11.6. The Bertz CT molecular complexity index is 739. The molecule has 1 aliphatic rings. The van der Waals surface area contributed by atoms with Gasteiger partial charge in [0.2, 0.25) is 5.91 Å². The molecule has 0 bridgehead atoms. The Morgan fingerprint density at radius 2 is 1.83 bits per heavy atom. The van der Waals surface area contributed by atoms with Gasteiger partial charge in [-0.3, -0.25) is 4.79 Å². The Kier molecular flexibility index (Phi) is 4.42. The molecule has 3 rings (SSSR count). The highest BCUT2D eigenvalue weighted by Gasteiger charge is 2.51. The number of benzene rings is 2. The van der Waals surface area contributed by atoms with E-state index in [0.29, 0.717) is 18.0 Å².